The Hall–Kier alpha value is -1.15. The summed E-state index contributed by atoms with van der Waals surface area (Å²) in [5, 5.41) is 5.04. The first-order chi connectivity index (χ1) is 7.72. The zero-order valence-corrected chi connectivity index (χ0v) is 7.90. The van der Waals surface area contributed by atoms with Gasteiger partial charge in [-0.3, -0.25) is 4.99 Å². The van der Waals surface area contributed by atoms with Crippen molar-refractivity contribution >= 4 is 6.08 Å². The molecule has 0 bridgehead atoms. The maximum absolute atomic E-state index is 8.12. The topological polar surface area (TPSA) is 24.4 Å². The van der Waals surface area contributed by atoms with E-state index in [1.54, 1.807) is 0 Å². The van der Waals surface area contributed by atoms with Gasteiger partial charge in [0.1, 0.15) is 0 Å². The van der Waals surface area contributed by atoms with Crippen LogP contribution in [0.5, 0.6) is 0 Å². The molecule has 0 radical (unpaired) electrons. The standard InChI is InChI=1S/C12H14N2/c1-2-4-11-10(3-1)7-12(9-14-11)5-6-13-8-12/h1-4,7,13H,5-6,8-9H2/i8D,9D. The first-order valence-electron chi connectivity index (χ1n) is 6.11. The van der Waals surface area contributed by atoms with Crippen LogP contribution in [-0.2, 0) is 0 Å². The largest absolute Gasteiger partial charge is 0.316 e. The van der Waals surface area contributed by atoms with Crippen LogP contribution >= 0.6 is 0 Å². The van der Waals surface area contributed by atoms with Crippen molar-refractivity contribution in [2.24, 2.45) is 10.4 Å². The normalized spacial score (nSPS) is 42.0. The van der Waals surface area contributed by atoms with E-state index in [-0.39, 0.29) is 0 Å². The van der Waals surface area contributed by atoms with Gasteiger partial charge in [0.25, 0.3) is 0 Å². The lowest BCUT2D eigenvalue weighted by Crippen LogP contribution is -2.38. The highest BCUT2D eigenvalue weighted by Crippen LogP contribution is 2.28. The van der Waals surface area contributed by atoms with Gasteiger partial charge in [0.05, 0.1) is 13.2 Å². The number of para-hydroxylation sites is 1. The van der Waals surface area contributed by atoms with E-state index >= 15 is 0 Å². The van der Waals surface area contributed by atoms with Crippen molar-refractivity contribution in [3.8, 4) is 0 Å². The Labute approximate surface area is 86.2 Å². The number of fused-ring (bicyclic) bond motifs is 1. The molecule has 1 N–H and O–H groups in total. The summed E-state index contributed by atoms with van der Waals surface area (Å²) in [6.07, 6.45) is 2.90. The SMILES string of the molecule is [2H]C1N=c2ccccc2=CC12CCNC2[2H]. The predicted molar refractivity (Wildman–Crippen MR) is 56.5 cm³/mol. The molecule has 14 heavy (non-hydrogen) atoms. The van der Waals surface area contributed by atoms with E-state index in [1.807, 2.05) is 24.3 Å². The molecule has 2 heterocycles. The van der Waals surface area contributed by atoms with Crippen LogP contribution in [0.15, 0.2) is 29.3 Å². The van der Waals surface area contributed by atoms with E-state index in [9.17, 15) is 0 Å². The van der Waals surface area contributed by atoms with Gasteiger partial charge in [-0.1, -0.05) is 24.3 Å². The van der Waals surface area contributed by atoms with Crippen molar-refractivity contribution in [1.82, 2.24) is 5.32 Å². The molecule has 2 aliphatic heterocycles. The molecule has 0 saturated carbocycles. The van der Waals surface area contributed by atoms with Gasteiger partial charge in [0, 0.05) is 13.3 Å². The maximum Gasteiger partial charge on any atom is 0.0643 e. The molecular weight excluding hydrogens is 172 g/mol. The molecule has 0 amide bonds. The monoisotopic (exact) mass is 188 g/mol. The van der Waals surface area contributed by atoms with Crippen LogP contribution in [0.4, 0.5) is 0 Å². The number of hydrogen-bond acceptors (Lipinski definition) is 2. The first kappa shape index (κ1) is 6.36. The van der Waals surface area contributed by atoms with Crippen LogP contribution in [0, 0.1) is 5.41 Å². The lowest BCUT2D eigenvalue weighted by atomic mass is 9.85. The fraction of sp³-hybridized carbons (Fsp3) is 0.417. The summed E-state index contributed by atoms with van der Waals surface area (Å²) >= 11 is 0. The third-order valence-corrected chi connectivity index (χ3v) is 2.88. The zero-order chi connectivity index (χ0) is 11.2. The zero-order valence-electron chi connectivity index (χ0n) is 9.90. The highest BCUT2D eigenvalue weighted by atomic mass is 14.9. The maximum atomic E-state index is 8.12. The van der Waals surface area contributed by atoms with E-state index in [0.717, 1.165) is 23.5 Å². The third-order valence-electron chi connectivity index (χ3n) is 2.88. The van der Waals surface area contributed by atoms with Crippen molar-refractivity contribution in [3.63, 3.8) is 0 Å². The van der Waals surface area contributed by atoms with E-state index in [4.69, 9.17) is 2.74 Å². The molecule has 1 aromatic rings. The molecule has 72 valence electrons. The van der Waals surface area contributed by atoms with E-state index in [2.05, 4.69) is 16.4 Å². The van der Waals surface area contributed by atoms with E-state index in [0.29, 0.717) is 0 Å². The van der Waals surface area contributed by atoms with Crippen molar-refractivity contribution < 1.29 is 2.74 Å². The lowest BCUT2D eigenvalue weighted by molar-refractivity contribution is 0.462. The second kappa shape index (κ2) is 2.92. The predicted octanol–water partition coefficient (Wildman–Crippen LogP) is 0.0800. The second-order valence-electron chi connectivity index (χ2n) is 3.92. The summed E-state index contributed by atoms with van der Waals surface area (Å²) in [6.45, 7) is -0.162. The molecule has 3 rings (SSSR count). The molecule has 1 fully saturated rings. The van der Waals surface area contributed by atoms with Crippen LogP contribution in [0.25, 0.3) is 6.08 Å². The molecule has 0 aromatic heterocycles. The van der Waals surface area contributed by atoms with Crippen LogP contribution in [0.1, 0.15) is 9.16 Å². The molecule has 1 aromatic carbocycles. The third kappa shape index (κ3) is 1.18. The Balaban J connectivity index is 2.22. The molecule has 2 heteroatoms. The smallest absolute Gasteiger partial charge is 0.0643 e. The van der Waals surface area contributed by atoms with Gasteiger partial charge in [-0.05, 0) is 24.3 Å². The minimum Gasteiger partial charge on any atom is -0.316 e. The molecule has 0 aliphatic carbocycles. The van der Waals surface area contributed by atoms with Gasteiger partial charge in [0.2, 0.25) is 0 Å². The summed E-state index contributed by atoms with van der Waals surface area (Å²) in [4.78, 5) is 4.41. The Morgan fingerprint density at radius 1 is 1.43 bits per heavy atom. The molecule has 1 spiro atoms. The van der Waals surface area contributed by atoms with E-state index in [1.165, 1.54) is 0 Å². The molecule has 1 saturated heterocycles. The number of benzene rings is 1. The highest BCUT2D eigenvalue weighted by molar-refractivity contribution is 5.36. The van der Waals surface area contributed by atoms with Crippen LogP contribution < -0.4 is 15.9 Å². The quantitative estimate of drug-likeness (QED) is 0.612. The lowest BCUT2D eigenvalue weighted by Gasteiger charge is -2.24. The average molecular weight is 188 g/mol. The molecule has 2 aliphatic rings. The summed E-state index contributed by atoms with van der Waals surface area (Å²) in [7, 11) is 0. The highest BCUT2D eigenvalue weighted by Gasteiger charge is 2.32. The average Bonchev–Trinajstić information content (AvgIpc) is 2.63. The Morgan fingerprint density at radius 2 is 2.36 bits per heavy atom. The molecular formula is C12H14N2. The van der Waals surface area contributed by atoms with Gasteiger partial charge >= 0.3 is 0 Å². The fourth-order valence-corrected chi connectivity index (χ4v) is 2.08. The minimum atomic E-state index is -0.556. The van der Waals surface area contributed by atoms with Gasteiger partial charge in [-0.25, -0.2) is 0 Å². The number of nitrogens with one attached hydrogen (secondary N) is 1. The van der Waals surface area contributed by atoms with Crippen LogP contribution in [0.2, 0.25) is 0 Å². The second-order valence-corrected chi connectivity index (χ2v) is 3.92. The van der Waals surface area contributed by atoms with Crippen molar-refractivity contribution in [2.75, 3.05) is 19.6 Å². The molecule has 3 atom stereocenters. The molecule has 3 unspecified atom stereocenters. The van der Waals surface area contributed by atoms with Gasteiger partial charge in [-0.2, -0.15) is 0 Å². The number of nitrogens with zero attached hydrogens (tertiary/aromatic N) is 1. The number of rotatable bonds is 0. The Kier molecular flexibility index (Phi) is 1.33. The summed E-state index contributed by atoms with van der Waals surface area (Å²) in [5.74, 6) is 0. The van der Waals surface area contributed by atoms with Crippen molar-refractivity contribution in [3.05, 3.63) is 34.8 Å². The number of hydrogen-bond donors (Lipinski definition) is 1. The summed E-state index contributed by atoms with van der Waals surface area (Å²) in [5.41, 5.74) is -0.436. The minimum absolute atomic E-state index is 0.410. The van der Waals surface area contributed by atoms with Gasteiger partial charge in [0.15, 0.2) is 0 Å². The summed E-state index contributed by atoms with van der Waals surface area (Å²) < 4.78 is 16.1. The van der Waals surface area contributed by atoms with Crippen molar-refractivity contribution in [1.29, 1.82) is 0 Å². The molecule has 2 nitrogen and oxygen atoms in total. The Morgan fingerprint density at radius 3 is 3.21 bits per heavy atom. The van der Waals surface area contributed by atoms with Gasteiger partial charge in [-0.15, -0.1) is 0 Å². The fourth-order valence-electron chi connectivity index (χ4n) is 2.08. The van der Waals surface area contributed by atoms with Crippen LogP contribution in [-0.4, -0.2) is 19.6 Å². The first-order valence-corrected chi connectivity index (χ1v) is 4.96. The van der Waals surface area contributed by atoms with E-state index < -0.39 is 18.5 Å². The Bertz CT molecular complexity index is 528. The van der Waals surface area contributed by atoms with Gasteiger partial charge < -0.3 is 5.32 Å². The van der Waals surface area contributed by atoms with Crippen LogP contribution in [0.3, 0.4) is 0 Å². The summed E-state index contributed by atoms with van der Waals surface area (Å²) in [6, 6.07) is 7.86. The van der Waals surface area contributed by atoms with Crippen molar-refractivity contribution in [2.45, 2.75) is 6.42 Å².